The maximum absolute atomic E-state index is 10.7. The Bertz CT molecular complexity index is 409. The number of benzene rings is 1. The fraction of sp³-hybridized carbons (Fsp3) is 0.500. The third-order valence-corrected chi connectivity index (χ3v) is 5.55. The van der Waals surface area contributed by atoms with Crippen molar-refractivity contribution in [1.82, 2.24) is 5.32 Å². The van der Waals surface area contributed by atoms with Gasteiger partial charge in [0, 0.05) is 47.7 Å². The Morgan fingerprint density at radius 3 is 3.06 bits per heavy atom. The van der Waals surface area contributed by atoms with Crippen LogP contribution in [0, 0.1) is 10.1 Å². The summed E-state index contributed by atoms with van der Waals surface area (Å²) < 4.78 is 0. The molecule has 1 N–H and O–H groups in total. The van der Waals surface area contributed by atoms with Gasteiger partial charge in [0.1, 0.15) is 0 Å². The second kappa shape index (κ2) is 7.01. The summed E-state index contributed by atoms with van der Waals surface area (Å²) in [6.07, 6.45) is 0. The van der Waals surface area contributed by atoms with Crippen LogP contribution in [0.1, 0.15) is 5.56 Å². The van der Waals surface area contributed by atoms with E-state index < -0.39 is 0 Å². The van der Waals surface area contributed by atoms with Crippen LogP contribution in [0.2, 0.25) is 0 Å². The molecule has 0 radical (unpaired) electrons. The number of thioether (sulfide) groups is 2. The van der Waals surface area contributed by atoms with Gasteiger partial charge in [-0.2, -0.15) is 23.5 Å². The van der Waals surface area contributed by atoms with Crippen LogP contribution in [0.5, 0.6) is 0 Å². The number of nitrogens with zero attached hydrogens (tertiary/aromatic N) is 1. The van der Waals surface area contributed by atoms with Crippen molar-refractivity contribution in [2.45, 2.75) is 11.8 Å². The maximum Gasteiger partial charge on any atom is 0.269 e. The number of non-ortho nitro benzene ring substituents is 1. The van der Waals surface area contributed by atoms with Gasteiger partial charge in [-0.25, -0.2) is 0 Å². The van der Waals surface area contributed by atoms with Gasteiger partial charge in [-0.05, 0) is 5.56 Å². The molecule has 0 saturated carbocycles. The average Bonchev–Trinajstić information content (AvgIpc) is 2.40. The summed E-state index contributed by atoms with van der Waals surface area (Å²) in [7, 11) is 0. The molecule has 6 heteroatoms. The van der Waals surface area contributed by atoms with Crippen molar-refractivity contribution in [2.75, 3.05) is 23.8 Å². The van der Waals surface area contributed by atoms with Crippen molar-refractivity contribution in [3.05, 3.63) is 39.9 Å². The minimum absolute atomic E-state index is 0.164. The Balaban J connectivity index is 1.78. The summed E-state index contributed by atoms with van der Waals surface area (Å²) in [6, 6.07) is 6.82. The van der Waals surface area contributed by atoms with Crippen LogP contribution in [-0.2, 0) is 6.54 Å². The van der Waals surface area contributed by atoms with E-state index in [1.807, 2.05) is 29.6 Å². The molecule has 1 aliphatic heterocycles. The lowest BCUT2D eigenvalue weighted by Crippen LogP contribution is -2.28. The van der Waals surface area contributed by atoms with Crippen molar-refractivity contribution in [3.63, 3.8) is 0 Å². The van der Waals surface area contributed by atoms with Gasteiger partial charge in [-0.1, -0.05) is 12.1 Å². The number of nitrogens with one attached hydrogen (secondary N) is 1. The monoisotopic (exact) mass is 284 g/mol. The molecule has 4 nitrogen and oxygen atoms in total. The maximum atomic E-state index is 10.7. The first-order valence-electron chi connectivity index (χ1n) is 5.89. The standard InChI is InChI=1S/C12H16N2O2S2/c15-14(16)11-3-1-2-10(6-11)7-13-8-12-9-17-4-5-18-12/h1-3,6,12-13H,4-5,7-9H2. The van der Waals surface area contributed by atoms with Crippen molar-refractivity contribution in [3.8, 4) is 0 Å². The highest BCUT2D eigenvalue weighted by atomic mass is 32.2. The molecule has 1 unspecified atom stereocenters. The molecule has 1 atom stereocenters. The average molecular weight is 284 g/mol. The Kier molecular flexibility index (Phi) is 5.34. The van der Waals surface area contributed by atoms with Crippen LogP contribution >= 0.6 is 23.5 Å². The van der Waals surface area contributed by atoms with Crippen molar-refractivity contribution < 1.29 is 4.92 Å². The van der Waals surface area contributed by atoms with E-state index in [1.165, 1.54) is 23.3 Å². The van der Waals surface area contributed by atoms with Crippen LogP contribution in [0.4, 0.5) is 5.69 Å². The molecule has 0 spiro atoms. The molecule has 1 aromatic rings. The van der Waals surface area contributed by atoms with E-state index in [0.717, 1.165) is 12.1 Å². The summed E-state index contributed by atoms with van der Waals surface area (Å²) in [5.41, 5.74) is 1.13. The van der Waals surface area contributed by atoms with E-state index in [2.05, 4.69) is 5.32 Å². The highest BCUT2D eigenvalue weighted by Crippen LogP contribution is 2.23. The zero-order valence-electron chi connectivity index (χ0n) is 10.0. The zero-order chi connectivity index (χ0) is 12.8. The molecule has 1 fully saturated rings. The van der Waals surface area contributed by atoms with E-state index >= 15 is 0 Å². The van der Waals surface area contributed by atoms with Crippen molar-refractivity contribution in [2.24, 2.45) is 0 Å². The molecular formula is C12H16N2O2S2. The van der Waals surface area contributed by atoms with Gasteiger partial charge in [-0.3, -0.25) is 10.1 Å². The van der Waals surface area contributed by atoms with Crippen LogP contribution in [0.25, 0.3) is 0 Å². The van der Waals surface area contributed by atoms with Gasteiger partial charge < -0.3 is 5.32 Å². The molecule has 1 saturated heterocycles. The normalized spacial score (nSPS) is 19.7. The summed E-state index contributed by atoms with van der Waals surface area (Å²) in [4.78, 5) is 10.3. The molecule has 2 rings (SSSR count). The predicted molar refractivity (Wildman–Crippen MR) is 78.4 cm³/mol. The molecule has 18 heavy (non-hydrogen) atoms. The largest absolute Gasteiger partial charge is 0.312 e. The second-order valence-corrected chi connectivity index (χ2v) is 6.68. The number of nitro groups is 1. The van der Waals surface area contributed by atoms with Crippen molar-refractivity contribution >= 4 is 29.2 Å². The second-order valence-electron chi connectivity index (χ2n) is 4.13. The summed E-state index contributed by atoms with van der Waals surface area (Å²) in [6.45, 7) is 1.67. The molecule has 0 amide bonds. The highest BCUT2D eigenvalue weighted by molar-refractivity contribution is 8.06. The minimum atomic E-state index is -0.350. The number of hydrogen-bond donors (Lipinski definition) is 1. The first-order valence-corrected chi connectivity index (χ1v) is 8.09. The van der Waals surface area contributed by atoms with E-state index in [-0.39, 0.29) is 10.6 Å². The van der Waals surface area contributed by atoms with E-state index in [9.17, 15) is 10.1 Å². The fourth-order valence-corrected chi connectivity index (χ4v) is 4.46. The molecule has 0 bridgehead atoms. The van der Waals surface area contributed by atoms with E-state index in [1.54, 1.807) is 12.1 Å². The minimum Gasteiger partial charge on any atom is -0.312 e. The third-order valence-electron chi connectivity index (χ3n) is 2.71. The van der Waals surface area contributed by atoms with Gasteiger partial charge in [0.25, 0.3) is 5.69 Å². The quantitative estimate of drug-likeness (QED) is 0.665. The van der Waals surface area contributed by atoms with Crippen LogP contribution in [-0.4, -0.2) is 34.0 Å². The molecule has 98 valence electrons. The molecule has 1 aromatic carbocycles. The number of hydrogen-bond acceptors (Lipinski definition) is 5. The summed E-state index contributed by atoms with van der Waals surface area (Å²) >= 11 is 4.02. The van der Waals surface area contributed by atoms with Crippen LogP contribution in [0.3, 0.4) is 0 Å². The summed E-state index contributed by atoms with van der Waals surface area (Å²) in [5, 5.41) is 14.7. The first-order chi connectivity index (χ1) is 8.75. The van der Waals surface area contributed by atoms with Gasteiger partial charge in [-0.15, -0.1) is 0 Å². The van der Waals surface area contributed by atoms with Crippen LogP contribution in [0.15, 0.2) is 24.3 Å². The van der Waals surface area contributed by atoms with Gasteiger partial charge in [0.15, 0.2) is 0 Å². The molecular weight excluding hydrogens is 268 g/mol. The lowest BCUT2D eigenvalue weighted by atomic mass is 10.2. The first kappa shape index (κ1) is 13.7. The number of rotatable bonds is 5. The summed E-state index contributed by atoms with van der Waals surface area (Å²) in [5.74, 6) is 3.69. The Morgan fingerprint density at radius 2 is 2.33 bits per heavy atom. The number of nitro benzene ring substituents is 1. The Hall–Kier alpha value is -0.720. The van der Waals surface area contributed by atoms with E-state index in [0.29, 0.717) is 11.8 Å². The lowest BCUT2D eigenvalue weighted by Gasteiger charge is -2.21. The SMILES string of the molecule is O=[N+]([O-])c1cccc(CNCC2CSCCS2)c1. The Labute approximate surface area is 115 Å². The lowest BCUT2D eigenvalue weighted by molar-refractivity contribution is -0.384. The third kappa shape index (κ3) is 4.19. The van der Waals surface area contributed by atoms with Gasteiger partial charge >= 0.3 is 0 Å². The zero-order valence-corrected chi connectivity index (χ0v) is 11.6. The van der Waals surface area contributed by atoms with Crippen molar-refractivity contribution in [1.29, 1.82) is 0 Å². The fourth-order valence-electron chi connectivity index (χ4n) is 1.81. The molecule has 1 aliphatic rings. The van der Waals surface area contributed by atoms with E-state index in [4.69, 9.17) is 0 Å². The predicted octanol–water partition coefficient (Wildman–Crippen LogP) is 2.53. The molecule has 0 aliphatic carbocycles. The van der Waals surface area contributed by atoms with Crippen LogP contribution < -0.4 is 5.32 Å². The highest BCUT2D eigenvalue weighted by Gasteiger charge is 2.13. The molecule has 0 aromatic heterocycles. The Morgan fingerprint density at radius 1 is 1.44 bits per heavy atom. The van der Waals surface area contributed by atoms with Gasteiger partial charge in [0.2, 0.25) is 0 Å². The molecule has 1 heterocycles. The topological polar surface area (TPSA) is 55.2 Å². The smallest absolute Gasteiger partial charge is 0.269 e. The van der Waals surface area contributed by atoms with Gasteiger partial charge in [0.05, 0.1) is 4.92 Å².